The first kappa shape index (κ1) is 7.46. The minimum absolute atomic E-state index is 0.670. The summed E-state index contributed by atoms with van der Waals surface area (Å²) in [5.41, 5.74) is 3.71. The first-order valence-corrected chi connectivity index (χ1v) is 3.23. The summed E-state index contributed by atoms with van der Waals surface area (Å²) >= 11 is 0. The molecule has 1 rings (SSSR count). The zero-order valence-corrected chi connectivity index (χ0v) is 6.31. The molecule has 2 heteroatoms. The van der Waals surface area contributed by atoms with Crippen molar-refractivity contribution in [2.24, 2.45) is 0 Å². The predicted molar refractivity (Wildman–Crippen MR) is 46.7 cm³/mol. The molecule has 4 radical (unpaired) electrons. The Labute approximate surface area is 64.5 Å². The summed E-state index contributed by atoms with van der Waals surface area (Å²) in [7, 11) is 11.1. The van der Waals surface area contributed by atoms with Crippen molar-refractivity contribution in [1.82, 2.24) is 0 Å². The van der Waals surface area contributed by atoms with E-state index < -0.39 is 0 Å². The number of aryl methyl sites for hydroxylation is 2. The Balaban J connectivity index is 3.28. The molecule has 0 amide bonds. The van der Waals surface area contributed by atoms with E-state index in [1.54, 1.807) is 0 Å². The van der Waals surface area contributed by atoms with Crippen LogP contribution in [0.4, 0.5) is 0 Å². The van der Waals surface area contributed by atoms with Crippen LogP contribution in [0.2, 0.25) is 0 Å². The molecule has 0 aliphatic carbocycles. The van der Waals surface area contributed by atoms with E-state index in [-0.39, 0.29) is 0 Å². The summed E-state index contributed by atoms with van der Waals surface area (Å²) in [4.78, 5) is 0. The van der Waals surface area contributed by atoms with Crippen LogP contribution in [0.15, 0.2) is 12.1 Å². The van der Waals surface area contributed by atoms with E-state index in [9.17, 15) is 0 Å². The molecule has 0 saturated heterocycles. The molecule has 0 N–H and O–H groups in total. The number of hydrogen-bond donors (Lipinski definition) is 0. The summed E-state index contributed by atoms with van der Waals surface area (Å²) in [5, 5.41) is 0. The lowest BCUT2D eigenvalue weighted by molar-refractivity contribution is 1.36. The highest BCUT2D eigenvalue weighted by Crippen LogP contribution is 1.99. The van der Waals surface area contributed by atoms with Gasteiger partial charge in [-0.15, -0.1) is 10.9 Å². The highest BCUT2D eigenvalue weighted by molar-refractivity contribution is 6.48. The highest BCUT2D eigenvalue weighted by atomic mass is 14.0. The molecular formula is C8H8B2. The van der Waals surface area contributed by atoms with Crippen LogP contribution in [-0.4, -0.2) is 15.7 Å². The molecule has 0 spiro atoms. The van der Waals surface area contributed by atoms with Gasteiger partial charge in [0.15, 0.2) is 0 Å². The minimum atomic E-state index is 0.670. The van der Waals surface area contributed by atoms with Crippen LogP contribution in [0.1, 0.15) is 11.1 Å². The normalized spacial score (nSPS) is 9.80. The quantitative estimate of drug-likeness (QED) is 0.425. The van der Waals surface area contributed by atoms with Gasteiger partial charge in [-0.05, 0) is 25.0 Å². The fraction of sp³-hybridized carbons (Fsp3) is 0.250. The Bertz CT molecular complexity index is 203. The lowest BCUT2D eigenvalue weighted by atomic mass is 9.79. The molecule has 0 saturated carbocycles. The SMILES string of the molecule is [B]c1cc(C)c(C)cc1[B]. The molecule has 1 aromatic rings. The van der Waals surface area contributed by atoms with Crippen LogP contribution in [0.25, 0.3) is 0 Å². The summed E-state index contributed by atoms with van der Waals surface area (Å²) in [5.74, 6) is 0. The van der Waals surface area contributed by atoms with Crippen molar-refractivity contribution >= 4 is 26.6 Å². The second-order valence-corrected chi connectivity index (χ2v) is 2.57. The maximum atomic E-state index is 5.56. The van der Waals surface area contributed by atoms with Crippen LogP contribution < -0.4 is 10.9 Å². The molecule has 0 aliphatic heterocycles. The van der Waals surface area contributed by atoms with Gasteiger partial charge in [0.1, 0.15) is 15.7 Å². The monoisotopic (exact) mass is 126 g/mol. The van der Waals surface area contributed by atoms with Crippen LogP contribution >= 0.6 is 0 Å². The lowest BCUT2D eigenvalue weighted by Gasteiger charge is -2.05. The van der Waals surface area contributed by atoms with Crippen LogP contribution in [-0.2, 0) is 0 Å². The van der Waals surface area contributed by atoms with Gasteiger partial charge in [-0.2, -0.15) is 0 Å². The van der Waals surface area contributed by atoms with Crippen molar-refractivity contribution in [2.75, 3.05) is 0 Å². The topological polar surface area (TPSA) is 0 Å². The predicted octanol–water partition coefficient (Wildman–Crippen LogP) is -0.109. The molecule has 1 aromatic carbocycles. The fourth-order valence-corrected chi connectivity index (χ4v) is 0.861. The van der Waals surface area contributed by atoms with Gasteiger partial charge >= 0.3 is 0 Å². The zero-order valence-electron chi connectivity index (χ0n) is 6.31. The van der Waals surface area contributed by atoms with Crippen molar-refractivity contribution in [1.29, 1.82) is 0 Å². The van der Waals surface area contributed by atoms with Crippen molar-refractivity contribution in [2.45, 2.75) is 13.8 Å². The Kier molecular flexibility index (Phi) is 1.89. The molecule has 0 aromatic heterocycles. The van der Waals surface area contributed by atoms with E-state index in [1.807, 2.05) is 26.0 Å². The van der Waals surface area contributed by atoms with Crippen LogP contribution in [0, 0.1) is 13.8 Å². The Hall–Kier alpha value is -0.650. The van der Waals surface area contributed by atoms with Crippen LogP contribution in [0.5, 0.6) is 0 Å². The van der Waals surface area contributed by atoms with E-state index in [0.717, 1.165) is 0 Å². The molecule has 0 bridgehead atoms. The highest BCUT2D eigenvalue weighted by Gasteiger charge is 1.94. The van der Waals surface area contributed by atoms with Gasteiger partial charge in [0.2, 0.25) is 0 Å². The second-order valence-electron chi connectivity index (χ2n) is 2.57. The maximum Gasteiger partial charge on any atom is 0.112 e. The van der Waals surface area contributed by atoms with E-state index in [2.05, 4.69) is 0 Å². The summed E-state index contributed by atoms with van der Waals surface area (Å²) in [6.45, 7) is 4.04. The number of rotatable bonds is 0. The smallest absolute Gasteiger partial charge is 0.103 e. The minimum Gasteiger partial charge on any atom is -0.103 e. The molecule has 10 heavy (non-hydrogen) atoms. The fourth-order valence-electron chi connectivity index (χ4n) is 0.861. The third-order valence-corrected chi connectivity index (χ3v) is 1.70. The Morgan fingerprint density at radius 1 is 0.900 bits per heavy atom. The molecule has 0 nitrogen and oxygen atoms in total. The molecule has 46 valence electrons. The summed E-state index contributed by atoms with van der Waals surface area (Å²) in [6.07, 6.45) is 0. The Morgan fingerprint density at radius 2 is 1.20 bits per heavy atom. The van der Waals surface area contributed by atoms with Crippen molar-refractivity contribution in [3.05, 3.63) is 23.3 Å². The average Bonchev–Trinajstić information content (AvgIpc) is 1.84. The van der Waals surface area contributed by atoms with Gasteiger partial charge in [0.25, 0.3) is 0 Å². The first-order chi connectivity index (χ1) is 4.61. The number of hydrogen-bond acceptors (Lipinski definition) is 0. The van der Waals surface area contributed by atoms with Crippen LogP contribution in [0.3, 0.4) is 0 Å². The lowest BCUT2D eigenvalue weighted by Crippen LogP contribution is -2.26. The third kappa shape index (κ3) is 1.26. The average molecular weight is 126 g/mol. The van der Waals surface area contributed by atoms with E-state index in [0.29, 0.717) is 10.9 Å². The molecule has 0 fully saturated rings. The van der Waals surface area contributed by atoms with E-state index >= 15 is 0 Å². The second kappa shape index (κ2) is 2.53. The number of benzene rings is 1. The van der Waals surface area contributed by atoms with Gasteiger partial charge in [0, 0.05) is 0 Å². The largest absolute Gasteiger partial charge is 0.112 e. The van der Waals surface area contributed by atoms with Gasteiger partial charge in [0.05, 0.1) is 0 Å². The van der Waals surface area contributed by atoms with Gasteiger partial charge < -0.3 is 0 Å². The Morgan fingerprint density at radius 3 is 1.50 bits per heavy atom. The van der Waals surface area contributed by atoms with Gasteiger partial charge in [-0.25, -0.2) is 0 Å². The molecule has 0 unspecified atom stereocenters. The summed E-state index contributed by atoms with van der Waals surface area (Å²) in [6, 6.07) is 3.79. The third-order valence-electron chi connectivity index (χ3n) is 1.70. The van der Waals surface area contributed by atoms with Gasteiger partial charge in [-0.1, -0.05) is 12.1 Å². The van der Waals surface area contributed by atoms with E-state index in [1.165, 1.54) is 11.1 Å². The standard InChI is InChI=1S/C8H8B2/c1-5-3-7(9)8(10)4-6(5)2/h3-4H,1-2H3. The molecule has 0 aliphatic rings. The molecular weight excluding hydrogens is 118 g/mol. The van der Waals surface area contributed by atoms with Crippen molar-refractivity contribution < 1.29 is 0 Å². The molecule has 0 heterocycles. The van der Waals surface area contributed by atoms with Gasteiger partial charge in [-0.3, -0.25) is 0 Å². The van der Waals surface area contributed by atoms with Crippen molar-refractivity contribution in [3.8, 4) is 0 Å². The molecule has 0 atom stereocenters. The van der Waals surface area contributed by atoms with E-state index in [4.69, 9.17) is 15.7 Å². The summed E-state index contributed by atoms with van der Waals surface area (Å²) < 4.78 is 0. The maximum absolute atomic E-state index is 5.56. The van der Waals surface area contributed by atoms with Crippen molar-refractivity contribution in [3.63, 3.8) is 0 Å². The zero-order chi connectivity index (χ0) is 7.72. The first-order valence-electron chi connectivity index (χ1n) is 3.23.